The molecule has 0 N–H and O–H groups in total. The van der Waals surface area contributed by atoms with Crippen LogP contribution < -0.4 is 0 Å². The fourth-order valence-electron chi connectivity index (χ4n) is 3.14. The molecule has 2 aromatic rings. The molecule has 3 heteroatoms. The van der Waals surface area contributed by atoms with Crippen LogP contribution in [0.25, 0.3) is 0 Å². The Kier molecular flexibility index (Phi) is 5.22. The monoisotopic (exact) mass is 333 g/mol. The Labute approximate surface area is 151 Å². The van der Waals surface area contributed by atoms with Crippen molar-refractivity contribution in [2.24, 2.45) is 4.99 Å². The lowest BCUT2D eigenvalue weighted by atomic mass is 10.00. The van der Waals surface area contributed by atoms with Crippen molar-refractivity contribution in [1.82, 2.24) is 9.80 Å². The summed E-state index contributed by atoms with van der Waals surface area (Å²) in [6.07, 6.45) is 7.07. The molecule has 0 aliphatic carbocycles. The van der Waals surface area contributed by atoms with E-state index in [0.717, 1.165) is 17.1 Å². The summed E-state index contributed by atoms with van der Waals surface area (Å²) in [5.74, 6) is 1.01. The van der Waals surface area contributed by atoms with Gasteiger partial charge in [0, 0.05) is 30.6 Å². The van der Waals surface area contributed by atoms with Crippen LogP contribution in [0.5, 0.6) is 0 Å². The second kappa shape index (κ2) is 7.56. The number of unbranched alkanes of at least 4 members (excludes halogenated alkanes) is 1. The van der Waals surface area contributed by atoms with Crippen molar-refractivity contribution in [1.29, 1.82) is 0 Å². The molecule has 2 aliphatic heterocycles. The molecular weight excluding hydrogens is 306 g/mol. The zero-order chi connectivity index (χ0) is 17.8. The zero-order valence-corrected chi connectivity index (χ0v) is 15.6. The molecule has 0 radical (unpaired) electrons. The minimum Gasteiger partial charge on any atom is -0.355 e. The Morgan fingerprint density at radius 3 is 2.32 bits per heavy atom. The summed E-state index contributed by atoms with van der Waals surface area (Å²) in [5.41, 5.74) is 4.80. The van der Waals surface area contributed by atoms with Crippen LogP contribution in [0.1, 0.15) is 49.5 Å². The Bertz CT molecular complexity index is 775. The predicted molar refractivity (Wildman–Crippen MR) is 106 cm³/mol. The molecule has 0 saturated carbocycles. The second-order valence-corrected chi connectivity index (χ2v) is 6.55. The van der Waals surface area contributed by atoms with E-state index in [1.54, 1.807) is 0 Å². The number of rotatable bonds is 2. The van der Waals surface area contributed by atoms with Gasteiger partial charge in [-0.25, -0.2) is 4.99 Å². The summed E-state index contributed by atoms with van der Waals surface area (Å²) in [7, 11) is 2.12. The van der Waals surface area contributed by atoms with Gasteiger partial charge in [0.1, 0.15) is 12.0 Å². The maximum absolute atomic E-state index is 4.92. The molecule has 3 nitrogen and oxygen atoms in total. The number of amidine groups is 1. The fraction of sp³-hybridized carbons (Fsp3) is 0.318. The van der Waals surface area contributed by atoms with Crippen LogP contribution in [0.4, 0.5) is 5.69 Å². The number of benzene rings is 2. The fourth-order valence-corrected chi connectivity index (χ4v) is 3.14. The van der Waals surface area contributed by atoms with Crippen molar-refractivity contribution in [2.45, 2.75) is 39.8 Å². The van der Waals surface area contributed by atoms with Crippen molar-refractivity contribution < 1.29 is 0 Å². The van der Waals surface area contributed by atoms with Gasteiger partial charge in [-0.15, -0.1) is 0 Å². The molecule has 2 heterocycles. The number of fused-ring (bicyclic) bond motifs is 3. The standard InChI is InChI=1S/C18H17N3.C4H10/c1-13-7-6-10-15-16(13)18-20(2)11-12-21(18)17(19-15)14-8-4-3-5-9-14;1-3-4-2/h3-12,18H,1-2H3;3-4H2,1-2H3. The molecule has 1 atom stereocenters. The van der Waals surface area contributed by atoms with Gasteiger partial charge in [-0.05, 0) is 18.6 Å². The van der Waals surface area contributed by atoms with Crippen LogP contribution in [0.3, 0.4) is 0 Å². The van der Waals surface area contributed by atoms with Gasteiger partial charge in [-0.2, -0.15) is 0 Å². The van der Waals surface area contributed by atoms with E-state index in [-0.39, 0.29) is 6.17 Å². The first-order valence-corrected chi connectivity index (χ1v) is 9.09. The van der Waals surface area contributed by atoms with Gasteiger partial charge in [0.25, 0.3) is 0 Å². The molecule has 0 spiro atoms. The molecule has 4 rings (SSSR count). The van der Waals surface area contributed by atoms with E-state index in [2.05, 4.69) is 92.5 Å². The van der Waals surface area contributed by atoms with Gasteiger partial charge < -0.3 is 9.80 Å². The predicted octanol–water partition coefficient (Wildman–Crippen LogP) is 5.61. The average Bonchev–Trinajstić information content (AvgIpc) is 3.04. The van der Waals surface area contributed by atoms with E-state index in [1.807, 2.05) is 6.07 Å². The lowest BCUT2D eigenvalue weighted by Crippen LogP contribution is -2.36. The van der Waals surface area contributed by atoms with Crippen LogP contribution in [0.2, 0.25) is 0 Å². The minimum absolute atomic E-state index is 0.203. The first-order chi connectivity index (χ1) is 12.2. The number of hydrogen-bond acceptors (Lipinski definition) is 3. The van der Waals surface area contributed by atoms with Crippen LogP contribution in [0, 0.1) is 6.92 Å². The molecule has 0 bridgehead atoms. The van der Waals surface area contributed by atoms with E-state index in [1.165, 1.54) is 24.0 Å². The van der Waals surface area contributed by atoms with E-state index in [9.17, 15) is 0 Å². The van der Waals surface area contributed by atoms with Gasteiger partial charge in [0.05, 0.1) is 5.69 Å². The number of hydrogen-bond donors (Lipinski definition) is 0. The quantitative estimate of drug-likeness (QED) is 0.711. The highest BCUT2D eigenvalue weighted by Gasteiger charge is 2.35. The summed E-state index contributed by atoms with van der Waals surface area (Å²) < 4.78 is 0. The molecule has 2 aromatic carbocycles. The molecule has 0 aromatic heterocycles. The highest BCUT2D eigenvalue weighted by Crippen LogP contribution is 2.42. The van der Waals surface area contributed by atoms with Crippen molar-refractivity contribution in [3.05, 3.63) is 77.6 Å². The van der Waals surface area contributed by atoms with E-state index < -0.39 is 0 Å². The first-order valence-electron chi connectivity index (χ1n) is 9.09. The maximum Gasteiger partial charge on any atom is 0.142 e. The van der Waals surface area contributed by atoms with Gasteiger partial charge in [-0.1, -0.05) is 69.2 Å². The van der Waals surface area contributed by atoms with E-state index >= 15 is 0 Å². The molecular formula is C22H27N3. The lowest BCUT2D eigenvalue weighted by molar-refractivity contribution is 0.245. The third-order valence-corrected chi connectivity index (χ3v) is 4.67. The Hall–Kier alpha value is -2.55. The minimum atomic E-state index is 0.203. The maximum atomic E-state index is 4.92. The summed E-state index contributed by atoms with van der Waals surface area (Å²) >= 11 is 0. The van der Waals surface area contributed by atoms with Crippen molar-refractivity contribution in [2.75, 3.05) is 7.05 Å². The Morgan fingerprint density at radius 2 is 1.64 bits per heavy atom. The van der Waals surface area contributed by atoms with Crippen molar-refractivity contribution in [3.63, 3.8) is 0 Å². The SMILES string of the molecule is CCCC.Cc1cccc2c1C1N(C)C=CN1C(c1ccccc1)=N2. The Balaban J connectivity index is 0.000000415. The summed E-state index contributed by atoms with van der Waals surface area (Å²) in [6, 6.07) is 16.7. The van der Waals surface area contributed by atoms with Crippen molar-refractivity contribution in [3.8, 4) is 0 Å². The van der Waals surface area contributed by atoms with Gasteiger partial charge >= 0.3 is 0 Å². The highest BCUT2D eigenvalue weighted by atomic mass is 15.4. The van der Waals surface area contributed by atoms with Gasteiger partial charge in [0.15, 0.2) is 0 Å². The molecule has 25 heavy (non-hydrogen) atoms. The van der Waals surface area contributed by atoms with Gasteiger partial charge in [-0.3, -0.25) is 0 Å². The number of aliphatic imine (C=N–C) groups is 1. The zero-order valence-electron chi connectivity index (χ0n) is 15.6. The van der Waals surface area contributed by atoms with E-state index in [4.69, 9.17) is 4.99 Å². The summed E-state index contributed by atoms with van der Waals surface area (Å²) in [4.78, 5) is 9.41. The van der Waals surface area contributed by atoms with E-state index in [0.29, 0.717) is 0 Å². The van der Waals surface area contributed by atoms with Gasteiger partial charge in [0.2, 0.25) is 0 Å². The smallest absolute Gasteiger partial charge is 0.142 e. The third kappa shape index (κ3) is 3.32. The highest BCUT2D eigenvalue weighted by molar-refractivity contribution is 6.02. The summed E-state index contributed by atoms with van der Waals surface area (Å²) in [5, 5.41) is 0. The lowest BCUT2D eigenvalue weighted by Gasteiger charge is -2.36. The molecule has 0 saturated heterocycles. The third-order valence-electron chi connectivity index (χ3n) is 4.67. The molecule has 1 unspecified atom stereocenters. The second-order valence-electron chi connectivity index (χ2n) is 6.55. The van der Waals surface area contributed by atoms with Crippen LogP contribution >= 0.6 is 0 Å². The largest absolute Gasteiger partial charge is 0.355 e. The van der Waals surface area contributed by atoms with Crippen LogP contribution in [0.15, 0.2) is 65.9 Å². The topological polar surface area (TPSA) is 18.8 Å². The molecule has 130 valence electrons. The molecule has 2 aliphatic rings. The van der Waals surface area contributed by atoms with Crippen molar-refractivity contribution >= 4 is 11.5 Å². The number of nitrogens with zero attached hydrogens (tertiary/aromatic N) is 3. The number of aryl methyl sites for hydroxylation is 1. The summed E-state index contributed by atoms with van der Waals surface area (Å²) in [6.45, 7) is 6.52. The first kappa shape index (κ1) is 17.3. The average molecular weight is 333 g/mol. The molecule has 0 fully saturated rings. The normalized spacial score (nSPS) is 17.4. The Morgan fingerprint density at radius 1 is 0.920 bits per heavy atom. The molecule has 0 amide bonds. The van der Waals surface area contributed by atoms with Crippen LogP contribution in [-0.4, -0.2) is 22.7 Å². The van der Waals surface area contributed by atoms with Crippen LogP contribution in [-0.2, 0) is 0 Å².